The van der Waals surface area contributed by atoms with Gasteiger partial charge in [0.1, 0.15) is 6.10 Å². The molecule has 1 aliphatic rings. The monoisotopic (exact) mass is 300 g/mol. The van der Waals surface area contributed by atoms with Crippen LogP contribution in [0.25, 0.3) is 0 Å². The quantitative estimate of drug-likeness (QED) is 0.851. The summed E-state index contributed by atoms with van der Waals surface area (Å²) in [7, 11) is 0. The van der Waals surface area contributed by atoms with E-state index < -0.39 is 0 Å². The van der Waals surface area contributed by atoms with Gasteiger partial charge >= 0.3 is 0 Å². The molecule has 5 nitrogen and oxygen atoms in total. The van der Waals surface area contributed by atoms with Crippen molar-refractivity contribution in [2.75, 3.05) is 19.7 Å². The summed E-state index contributed by atoms with van der Waals surface area (Å²) >= 11 is 0. The van der Waals surface area contributed by atoms with Gasteiger partial charge in [-0.3, -0.25) is 14.6 Å². The topological polar surface area (TPSA) is 43.2 Å². The van der Waals surface area contributed by atoms with Gasteiger partial charge in [0.2, 0.25) is 0 Å². The van der Waals surface area contributed by atoms with Crippen molar-refractivity contribution in [2.24, 2.45) is 0 Å². The van der Waals surface area contributed by atoms with Crippen LogP contribution in [-0.2, 0) is 17.8 Å². The molecule has 3 rings (SSSR count). The summed E-state index contributed by atoms with van der Waals surface area (Å²) in [6, 6.07) is 4.17. The van der Waals surface area contributed by atoms with Crippen molar-refractivity contribution >= 4 is 0 Å². The Balaban J connectivity index is 1.61. The Morgan fingerprint density at radius 1 is 1.32 bits per heavy atom. The number of aryl methyl sites for hydroxylation is 2. The fourth-order valence-electron chi connectivity index (χ4n) is 2.79. The lowest BCUT2D eigenvalue weighted by Crippen LogP contribution is -2.38. The van der Waals surface area contributed by atoms with Gasteiger partial charge in [0.25, 0.3) is 0 Å². The van der Waals surface area contributed by atoms with Crippen molar-refractivity contribution in [3.8, 4) is 0 Å². The maximum absolute atomic E-state index is 5.89. The Bertz CT molecular complexity index is 593. The Labute approximate surface area is 131 Å². The van der Waals surface area contributed by atoms with Crippen LogP contribution in [0.5, 0.6) is 0 Å². The van der Waals surface area contributed by atoms with E-state index in [0.29, 0.717) is 0 Å². The van der Waals surface area contributed by atoms with Crippen LogP contribution in [0.1, 0.15) is 36.3 Å². The Morgan fingerprint density at radius 3 is 3.00 bits per heavy atom. The molecule has 0 spiro atoms. The van der Waals surface area contributed by atoms with Gasteiger partial charge in [-0.2, -0.15) is 5.10 Å². The number of hydrogen-bond acceptors (Lipinski definition) is 4. The summed E-state index contributed by atoms with van der Waals surface area (Å²) in [6.07, 6.45) is 7.22. The fourth-order valence-corrected chi connectivity index (χ4v) is 2.79. The first kappa shape index (κ1) is 15.2. The molecule has 2 aromatic rings. The van der Waals surface area contributed by atoms with E-state index in [2.05, 4.69) is 47.2 Å². The van der Waals surface area contributed by atoms with Gasteiger partial charge in [-0.05, 0) is 25.0 Å². The molecule has 0 aliphatic carbocycles. The molecule has 0 amide bonds. The first-order valence-corrected chi connectivity index (χ1v) is 8.02. The van der Waals surface area contributed by atoms with Crippen molar-refractivity contribution in [3.63, 3.8) is 0 Å². The fraction of sp³-hybridized carbons (Fsp3) is 0.529. The zero-order chi connectivity index (χ0) is 15.4. The number of pyridine rings is 1. The Hall–Kier alpha value is -1.72. The van der Waals surface area contributed by atoms with Crippen LogP contribution in [0, 0.1) is 6.92 Å². The molecule has 0 N–H and O–H groups in total. The van der Waals surface area contributed by atoms with Gasteiger partial charge in [0, 0.05) is 44.1 Å². The first-order valence-electron chi connectivity index (χ1n) is 8.02. The van der Waals surface area contributed by atoms with Gasteiger partial charge in [-0.15, -0.1) is 0 Å². The average Bonchev–Trinajstić information content (AvgIpc) is 2.96. The highest BCUT2D eigenvalue weighted by Gasteiger charge is 2.23. The van der Waals surface area contributed by atoms with Crippen LogP contribution < -0.4 is 0 Å². The molecule has 5 heteroatoms. The molecule has 2 aromatic heterocycles. The van der Waals surface area contributed by atoms with Crippen LogP contribution in [0.3, 0.4) is 0 Å². The molecule has 118 valence electrons. The lowest BCUT2D eigenvalue weighted by Gasteiger charge is -2.32. The highest BCUT2D eigenvalue weighted by atomic mass is 16.5. The zero-order valence-corrected chi connectivity index (χ0v) is 13.4. The van der Waals surface area contributed by atoms with Gasteiger partial charge in [0.05, 0.1) is 18.5 Å². The maximum atomic E-state index is 5.89. The number of aromatic nitrogens is 3. The van der Waals surface area contributed by atoms with Gasteiger partial charge < -0.3 is 4.74 Å². The van der Waals surface area contributed by atoms with E-state index in [1.54, 1.807) is 0 Å². The van der Waals surface area contributed by atoms with E-state index in [1.807, 2.05) is 17.1 Å². The number of rotatable bonds is 5. The van der Waals surface area contributed by atoms with Gasteiger partial charge in [-0.1, -0.05) is 13.0 Å². The Kier molecular flexibility index (Phi) is 4.85. The molecule has 1 atom stereocenters. The number of hydrogen-bond donors (Lipinski definition) is 0. The van der Waals surface area contributed by atoms with Crippen molar-refractivity contribution < 1.29 is 4.74 Å². The third-order valence-corrected chi connectivity index (χ3v) is 3.96. The molecule has 3 heterocycles. The summed E-state index contributed by atoms with van der Waals surface area (Å²) in [5, 5.41) is 4.40. The first-order chi connectivity index (χ1) is 10.7. The second-order valence-corrected chi connectivity index (χ2v) is 5.97. The van der Waals surface area contributed by atoms with E-state index in [4.69, 9.17) is 4.74 Å². The highest BCUT2D eigenvalue weighted by Crippen LogP contribution is 2.21. The number of nitrogens with zero attached hydrogens (tertiary/aromatic N) is 4. The molecule has 0 saturated carbocycles. The van der Waals surface area contributed by atoms with Crippen LogP contribution in [-0.4, -0.2) is 39.4 Å². The van der Waals surface area contributed by atoms with Crippen molar-refractivity contribution in [2.45, 2.75) is 39.5 Å². The SMILES string of the molecule is CCCn1cc(CN2CCO[C@H](c3ccc(C)cn3)C2)cn1. The van der Waals surface area contributed by atoms with Gasteiger partial charge in [0.15, 0.2) is 0 Å². The molecular weight excluding hydrogens is 276 g/mol. The zero-order valence-electron chi connectivity index (χ0n) is 13.4. The van der Waals surface area contributed by atoms with E-state index in [1.165, 1.54) is 11.1 Å². The van der Waals surface area contributed by atoms with Crippen molar-refractivity contribution in [3.05, 3.63) is 47.5 Å². The van der Waals surface area contributed by atoms with E-state index in [-0.39, 0.29) is 6.10 Å². The summed E-state index contributed by atoms with van der Waals surface area (Å²) in [6.45, 7) is 8.73. The lowest BCUT2D eigenvalue weighted by atomic mass is 10.1. The highest BCUT2D eigenvalue weighted by molar-refractivity contribution is 5.15. The molecule has 0 radical (unpaired) electrons. The normalized spacial score (nSPS) is 19.5. The minimum atomic E-state index is 0.0695. The molecule has 1 fully saturated rings. The second-order valence-electron chi connectivity index (χ2n) is 5.97. The van der Waals surface area contributed by atoms with E-state index in [0.717, 1.165) is 44.9 Å². The smallest absolute Gasteiger partial charge is 0.112 e. The minimum Gasteiger partial charge on any atom is -0.369 e. The molecule has 1 saturated heterocycles. The molecule has 0 aromatic carbocycles. The lowest BCUT2D eigenvalue weighted by molar-refractivity contribution is -0.0350. The Morgan fingerprint density at radius 2 is 2.23 bits per heavy atom. The molecule has 0 bridgehead atoms. The van der Waals surface area contributed by atoms with Gasteiger partial charge in [-0.25, -0.2) is 0 Å². The second kappa shape index (κ2) is 7.03. The summed E-state index contributed by atoms with van der Waals surface area (Å²) in [5.74, 6) is 0. The molecule has 22 heavy (non-hydrogen) atoms. The van der Waals surface area contributed by atoms with E-state index >= 15 is 0 Å². The van der Waals surface area contributed by atoms with E-state index in [9.17, 15) is 0 Å². The van der Waals surface area contributed by atoms with Crippen LogP contribution in [0.15, 0.2) is 30.7 Å². The standard InChI is InChI=1S/C17H24N4O/c1-3-6-21-12-15(10-19-21)11-20-7-8-22-17(13-20)16-5-4-14(2)9-18-16/h4-5,9-10,12,17H,3,6-8,11,13H2,1-2H3/t17-/m0/s1. The third-order valence-electron chi connectivity index (χ3n) is 3.96. The number of morpholine rings is 1. The predicted molar refractivity (Wildman–Crippen MR) is 85.5 cm³/mol. The van der Waals surface area contributed by atoms with Crippen LogP contribution >= 0.6 is 0 Å². The third kappa shape index (κ3) is 3.72. The molecule has 0 unspecified atom stereocenters. The predicted octanol–water partition coefficient (Wildman–Crippen LogP) is 2.57. The summed E-state index contributed by atoms with van der Waals surface area (Å²) in [5.41, 5.74) is 3.47. The summed E-state index contributed by atoms with van der Waals surface area (Å²) < 4.78 is 7.91. The summed E-state index contributed by atoms with van der Waals surface area (Å²) in [4.78, 5) is 6.92. The van der Waals surface area contributed by atoms with Crippen molar-refractivity contribution in [1.29, 1.82) is 0 Å². The van der Waals surface area contributed by atoms with Crippen molar-refractivity contribution in [1.82, 2.24) is 19.7 Å². The minimum absolute atomic E-state index is 0.0695. The van der Waals surface area contributed by atoms with Crippen LogP contribution in [0.2, 0.25) is 0 Å². The van der Waals surface area contributed by atoms with Crippen LogP contribution in [0.4, 0.5) is 0 Å². The maximum Gasteiger partial charge on any atom is 0.112 e. The number of ether oxygens (including phenoxy) is 1. The molecule has 1 aliphatic heterocycles. The average molecular weight is 300 g/mol. The molecular formula is C17H24N4O. The largest absolute Gasteiger partial charge is 0.369 e.